The first kappa shape index (κ1) is 37.1. The van der Waals surface area contributed by atoms with Gasteiger partial charge < -0.3 is 14.4 Å². The summed E-state index contributed by atoms with van der Waals surface area (Å²) >= 11 is 0. The second kappa shape index (κ2) is 17.3. The van der Waals surface area contributed by atoms with Gasteiger partial charge in [0.05, 0.1) is 5.58 Å². The standard InChI is InChI=1S/C25H19FN.C24H22NO.Ir/c1-18(19-8-4-2-5-9-19)23-16-25(21-12-14-22(26)15-13-21)27-17-24(23)20-10-6-3-7-11-20;1-2-7-17(8-3-1)15-18-13-14-25-22(16-18)21-11-6-10-20-19-9-4-5-12-23(19)26-24(20)21;/h2-12,14-18H,1H3;4-6,9-10,12-14,16-17H,1-3,7-8,15H2;/q2*-1;. The number of para-hydroxylation sites is 1. The quantitative estimate of drug-likeness (QED) is 0.150. The molecule has 0 bridgehead atoms. The van der Waals surface area contributed by atoms with E-state index in [1.807, 2.05) is 54.9 Å². The second-order valence-electron chi connectivity index (χ2n) is 14.0. The fourth-order valence-corrected chi connectivity index (χ4v) is 7.67. The van der Waals surface area contributed by atoms with Crippen LogP contribution in [0.5, 0.6) is 0 Å². The summed E-state index contributed by atoms with van der Waals surface area (Å²) in [6.07, 6.45) is 11.9. The van der Waals surface area contributed by atoms with Crippen molar-refractivity contribution in [2.45, 2.75) is 51.4 Å². The summed E-state index contributed by atoms with van der Waals surface area (Å²) in [4.78, 5) is 9.27. The van der Waals surface area contributed by atoms with E-state index in [-0.39, 0.29) is 31.8 Å². The topological polar surface area (TPSA) is 38.9 Å². The number of rotatable bonds is 7. The van der Waals surface area contributed by atoms with E-state index in [4.69, 9.17) is 4.42 Å². The number of hydrogen-bond donors (Lipinski definition) is 0. The first-order valence-electron chi connectivity index (χ1n) is 18.7. The molecule has 3 nitrogen and oxygen atoms in total. The summed E-state index contributed by atoms with van der Waals surface area (Å²) in [5, 5.41) is 2.28. The Balaban J connectivity index is 0.000000164. The number of furan rings is 1. The number of hydrogen-bond acceptors (Lipinski definition) is 3. The van der Waals surface area contributed by atoms with Crippen LogP contribution in [0, 0.1) is 23.9 Å². The first-order valence-corrected chi connectivity index (χ1v) is 18.7. The Kier molecular flexibility index (Phi) is 11.9. The van der Waals surface area contributed by atoms with Crippen molar-refractivity contribution in [2.24, 2.45) is 5.92 Å². The summed E-state index contributed by atoms with van der Waals surface area (Å²) in [5.41, 5.74) is 11.4. The third kappa shape index (κ3) is 8.29. The zero-order chi connectivity index (χ0) is 36.0. The van der Waals surface area contributed by atoms with Gasteiger partial charge in [-0.15, -0.1) is 48.0 Å². The molecule has 1 saturated carbocycles. The largest absolute Gasteiger partial charge is 0.501 e. The van der Waals surface area contributed by atoms with E-state index >= 15 is 0 Å². The molecule has 54 heavy (non-hydrogen) atoms. The van der Waals surface area contributed by atoms with Crippen LogP contribution in [-0.4, -0.2) is 9.97 Å². The van der Waals surface area contributed by atoms with Crippen molar-refractivity contribution in [1.29, 1.82) is 0 Å². The monoisotopic (exact) mass is 885 g/mol. The van der Waals surface area contributed by atoms with E-state index in [1.54, 1.807) is 6.07 Å². The van der Waals surface area contributed by atoms with Crippen molar-refractivity contribution in [3.8, 4) is 33.6 Å². The Morgan fingerprint density at radius 1 is 0.759 bits per heavy atom. The average Bonchev–Trinajstić information content (AvgIpc) is 3.61. The van der Waals surface area contributed by atoms with Gasteiger partial charge in [-0.25, -0.2) is 0 Å². The molecule has 1 radical (unpaired) electrons. The SMILES string of the molecule is CC(c1ccccc1)c1cc(-c2[c-]cc(F)cc2)ncc1-c1ccccc1.[Ir].[c-]1ccc2c(oc3ccccc32)c1-c1cc(CC2CCCCC2)ccn1. The molecule has 1 aliphatic carbocycles. The van der Waals surface area contributed by atoms with Crippen LogP contribution in [0.3, 0.4) is 0 Å². The molecule has 0 saturated heterocycles. The molecule has 0 amide bonds. The summed E-state index contributed by atoms with van der Waals surface area (Å²) < 4.78 is 19.4. The maximum Gasteiger partial charge on any atom is 0.120 e. The molecule has 5 heteroatoms. The van der Waals surface area contributed by atoms with E-state index in [9.17, 15) is 4.39 Å². The molecule has 3 aromatic heterocycles. The number of halogens is 1. The van der Waals surface area contributed by atoms with Crippen LogP contribution in [0.25, 0.3) is 55.6 Å². The normalized spacial score (nSPS) is 13.5. The molecule has 1 aliphatic rings. The Labute approximate surface area is 330 Å². The zero-order valence-electron chi connectivity index (χ0n) is 30.3. The molecule has 5 aromatic carbocycles. The van der Waals surface area contributed by atoms with Crippen LogP contribution in [0.4, 0.5) is 4.39 Å². The van der Waals surface area contributed by atoms with Gasteiger partial charge in [-0.1, -0.05) is 147 Å². The van der Waals surface area contributed by atoms with Crippen LogP contribution in [0.15, 0.2) is 150 Å². The van der Waals surface area contributed by atoms with Crippen LogP contribution in [0.1, 0.15) is 61.6 Å². The minimum atomic E-state index is -0.294. The van der Waals surface area contributed by atoms with Gasteiger partial charge in [-0.3, -0.25) is 4.39 Å². The van der Waals surface area contributed by atoms with Gasteiger partial charge in [0.15, 0.2) is 0 Å². The number of aromatic nitrogens is 2. The second-order valence-corrected chi connectivity index (χ2v) is 14.0. The van der Waals surface area contributed by atoms with E-state index in [0.29, 0.717) is 0 Å². The van der Waals surface area contributed by atoms with E-state index in [0.717, 1.165) is 67.9 Å². The summed E-state index contributed by atoms with van der Waals surface area (Å²) in [6, 6.07) is 50.3. The van der Waals surface area contributed by atoms with Gasteiger partial charge in [-0.2, -0.15) is 0 Å². The number of pyridine rings is 2. The minimum absolute atomic E-state index is 0. The maximum absolute atomic E-state index is 13.3. The number of fused-ring (bicyclic) bond motifs is 3. The van der Waals surface area contributed by atoms with Crippen LogP contribution in [0.2, 0.25) is 0 Å². The molecular weight excluding hydrogens is 844 g/mol. The fourth-order valence-electron chi connectivity index (χ4n) is 7.67. The molecule has 0 spiro atoms. The average molecular weight is 885 g/mol. The Bertz CT molecular complexity index is 2440. The molecule has 1 unspecified atom stereocenters. The third-order valence-corrected chi connectivity index (χ3v) is 10.5. The van der Waals surface area contributed by atoms with Gasteiger partial charge in [-0.05, 0) is 52.5 Å². The van der Waals surface area contributed by atoms with Crippen LogP contribution in [-0.2, 0) is 26.5 Å². The van der Waals surface area contributed by atoms with Crippen LogP contribution < -0.4 is 0 Å². The summed E-state index contributed by atoms with van der Waals surface area (Å²) in [5.74, 6) is 0.728. The molecule has 1 atom stereocenters. The third-order valence-electron chi connectivity index (χ3n) is 10.5. The van der Waals surface area contributed by atoms with E-state index in [2.05, 4.69) is 102 Å². The van der Waals surface area contributed by atoms with Gasteiger partial charge in [0, 0.05) is 55.2 Å². The predicted molar refractivity (Wildman–Crippen MR) is 214 cm³/mol. The van der Waals surface area contributed by atoms with Gasteiger partial charge in [0.1, 0.15) is 5.58 Å². The molecule has 9 rings (SSSR count). The first-order chi connectivity index (χ1) is 26.1. The molecule has 0 N–H and O–H groups in total. The maximum atomic E-state index is 13.3. The van der Waals surface area contributed by atoms with Crippen molar-refractivity contribution >= 4 is 21.9 Å². The van der Waals surface area contributed by atoms with Crippen molar-refractivity contribution in [2.75, 3.05) is 0 Å². The molecular formula is C49H41FIrN2O-2. The fraction of sp³-hybridized carbons (Fsp3) is 0.184. The molecule has 1 fully saturated rings. The Morgan fingerprint density at radius 2 is 1.52 bits per heavy atom. The van der Waals surface area contributed by atoms with Crippen molar-refractivity contribution in [3.05, 3.63) is 180 Å². The molecule has 271 valence electrons. The van der Waals surface area contributed by atoms with Crippen molar-refractivity contribution in [1.82, 2.24) is 9.97 Å². The van der Waals surface area contributed by atoms with E-state index in [1.165, 1.54) is 60.9 Å². The molecule has 3 heterocycles. The van der Waals surface area contributed by atoms with Gasteiger partial charge in [0.2, 0.25) is 0 Å². The van der Waals surface area contributed by atoms with Crippen molar-refractivity contribution in [3.63, 3.8) is 0 Å². The summed E-state index contributed by atoms with van der Waals surface area (Å²) in [7, 11) is 0. The van der Waals surface area contributed by atoms with Crippen LogP contribution >= 0.6 is 0 Å². The van der Waals surface area contributed by atoms with Gasteiger partial charge >= 0.3 is 0 Å². The zero-order valence-corrected chi connectivity index (χ0v) is 32.7. The Hall–Kier alpha value is -5.22. The molecule has 0 aliphatic heterocycles. The Morgan fingerprint density at radius 3 is 2.30 bits per heavy atom. The number of benzene rings is 5. The van der Waals surface area contributed by atoms with Gasteiger partial charge in [0.25, 0.3) is 0 Å². The molecule has 8 aromatic rings. The smallest absolute Gasteiger partial charge is 0.120 e. The van der Waals surface area contributed by atoms with Crippen molar-refractivity contribution < 1.29 is 28.9 Å². The van der Waals surface area contributed by atoms with E-state index < -0.39 is 0 Å². The minimum Gasteiger partial charge on any atom is -0.501 e. The summed E-state index contributed by atoms with van der Waals surface area (Å²) in [6.45, 7) is 2.20. The number of nitrogens with zero attached hydrogens (tertiary/aromatic N) is 2. The predicted octanol–water partition coefficient (Wildman–Crippen LogP) is 13.1.